The number of unbranched alkanes of at least 4 members (excludes halogenated alkanes) is 6. The molecule has 0 aromatic carbocycles. The molecule has 1 amide bonds. The van der Waals surface area contributed by atoms with Crippen LogP contribution in [0.1, 0.15) is 58.3 Å². The minimum absolute atomic E-state index is 0.0378. The smallest absolute Gasteiger partial charge is 0.277 e. The van der Waals surface area contributed by atoms with E-state index in [4.69, 9.17) is 15.9 Å². The first-order valence-electron chi connectivity index (χ1n) is 5.75. The number of hydrogen-bond acceptors (Lipinski definition) is 3. The van der Waals surface area contributed by atoms with Crippen molar-refractivity contribution in [2.75, 3.05) is 0 Å². The molecule has 90 valence electrons. The van der Waals surface area contributed by atoms with Crippen LogP contribution in [0.15, 0.2) is 0 Å². The summed E-state index contributed by atoms with van der Waals surface area (Å²) in [7, 11) is 0. The zero-order chi connectivity index (χ0) is 11.7. The highest BCUT2D eigenvalue weighted by molar-refractivity contribution is 5.81. The van der Waals surface area contributed by atoms with Crippen molar-refractivity contribution in [3.63, 3.8) is 0 Å². The van der Waals surface area contributed by atoms with E-state index in [0.29, 0.717) is 6.42 Å². The number of primary amides is 1. The van der Waals surface area contributed by atoms with Crippen molar-refractivity contribution < 1.29 is 15.0 Å². The Bertz CT molecular complexity index is 181. The molecule has 0 bridgehead atoms. The summed E-state index contributed by atoms with van der Waals surface area (Å²) in [6.45, 7) is 2.17. The molecule has 0 spiro atoms. The number of aliphatic hydroxyl groups is 2. The van der Waals surface area contributed by atoms with E-state index in [-0.39, 0.29) is 6.42 Å². The van der Waals surface area contributed by atoms with Crippen molar-refractivity contribution in [3.8, 4) is 0 Å². The average molecular weight is 217 g/mol. The Morgan fingerprint density at radius 1 is 1.07 bits per heavy atom. The molecule has 0 unspecified atom stereocenters. The number of carbonyl (C=O) groups excluding carboxylic acids is 1. The molecule has 0 atom stereocenters. The highest BCUT2D eigenvalue weighted by Gasteiger charge is 2.29. The molecular weight excluding hydrogens is 194 g/mol. The Balaban J connectivity index is 3.35. The van der Waals surface area contributed by atoms with Gasteiger partial charge in [-0.3, -0.25) is 4.79 Å². The van der Waals surface area contributed by atoms with E-state index in [9.17, 15) is 4.79 Å². The third-order valence-electron chi connectivity index (χ3n) is 2.52. The van der Waals surface area contributed by atoms with Crippen molar-refractivity contribution in [3.05, 3.63) is 0 Å². The van der Waals surface area contributed by atoms with Gasteiger partial charge in [-0.25, -0.2) is 0 Å². The second-order valence-corrected chi connectivity index (χ2v) is 4.05. The van der Waals surface area contributed by atoms with Gasteiger partial charge in [0, 0.05) is 6.42 Å². The van der Waals surface area contributed by atoms with Gasteiger partial charge in [0.2, 0.25) is 5.79 Å². The van der Waals surface area contributed by atoms with Gasteiger partial charge in [0.15, 0.2) is 0 Å². The third kappa shape index (κ3) is 7.33. The molecule has 0 heterocycles. The number of amides is 1. The van der Waals surface area contributed by atoms with Gasteiger partial charge in [-0.2, -0.15) is 0 Å². The highest BCUT2D eigenvalue weighted by atomic mass is 16.5. The fourth-order valence-corrected chi connectivity index (χ4v) is 1.45. The molecule has 0 aliphatic carbocycles. The normalized spacial score (nSPS) is 11.7. The first-order valence-corrected chi connectivity index (χ1v) is 5.75. The molecule has 15 heavy (non-hydrogen) atoms. The minimum Gasteiger partial charge on any atom is -0.365 e. The molecule has 0 aromatic heterocycles. The monoisotopic (exact) mass is 217 g/mol. The van der Waals surface area contributed by atoms with Gasteiger partial charge in [-0.05, 0) is 6.42 Å². The van der Waals surface area contributed by atoms with Crippen molar-refractivity contribution in [1.29, 1.82) is 0 Å². The van der Waals surface area contributed by atoms with Gasteiger partial charge in [0.05, 0.1) is 0 Å². The molecular formula is C11H23NO3. The summed E-state index contributed by atoms with van der Waals surface area (Å²) in [5.41, 5.74) is 4.81. The van der Waals surface area contributed by atoms with E-state index in [2.05, 4.69) is 6.92 Å². The second kappa shape index (κ2) is 7.65. The predicted octanol–water partition coefficient (Wildman–Crippen LogP) is 1.29. The Morgan fingerprint density at radius 3 is 2.00 bits per heavy atom. The lowest BCUT2D eigenvalue weighted by atomic mass is 10.0. The van der Waals surface area contributed by atoms with Crippen molar-refractivity contribution >= 4 is 5.91 Å². The Kier molecular flexibility index (Phi) is 7.34. The van der Waals surface area contributed by atoms with Crippen molar-refractivity contribution in [1.82, 2.24) is 0 Å². The van der Waals surface area contributed by atoms with Gasteiger partial charge >= 0.3 is 0 Å². The van der Waals surface area contributed by atoms with Gasteiger partial charge in [0.25, 0.3) is 5.91 Å². The quantitative estimate of drug-likeness (QED) is 0.402. The van der Waals surface area contributed by atoms with Crippen LogP contribution in [0.4, 0.5) is 0 Å². The second-order valence-electron chi connectivity index (χ2n) is 4.05. The van der Waals surface area contributed by atoms with E-state index < -0.39 is 11.7 Å². The maximum absolute atomic E-state index is 10.5. The number of hydrogen-bond donors (Lipinski definition) is 3. The van der Waals surface area contributed by atoms with Crippen LogP contribution < -0.4 is 5.73 Å². The van der Waals surface area contributed by atoms with Crippen molar-refractivity contribution in [2.24, 2.45) is 5.73 Å². The summed E-state index contributed by atoms with van der Waals surface area (Å²) in [5, 5.41) is 18.2. The summed E-state index contributed by atoms with van der Waals surface area (Å²) < 4.78 is 0. The van der Waals surface area contributed by atoms with E-state index >= 15 is 0 Å². The topological polar surface area (TPSA) is 83.6 Å². The van der Waals surface area contributed by atoms with Crippen LogP contribution >= 0.6 is 0 Å². The zero-order valence-corrected chi connectivity index (χ0v) is 9.54. The molecule has 0 fully saturated rings. The molecule has 4 heteroatoms. The standard InChI is InChI=1S/C11H23NO3/c1-2-3-4-5-6-7-8-9-11(14,15)10(12)13/h14-15H,2-9H2,1H3,(H2,12,13). The van der Waals surface area contributed by atoms with Crippen LogP contribution in [0.25, 0.3) is 0 Å². The fraction of sp³-hybridized carbons (Fsp3) is 0.909. The zero-order valence-electron chi connectivity index (χ0n) is 9.54. The van der Waals surface area contributed by atoms with Crippen LogP contribution in [0.2, 0.25) is 0 Å². The largest absolute Gasteiger partial charge is 0.365 e. The molecule has 0 saturated carbocycles. The predicted molar refractivity (Wildman–Crippen MR) is 59.0 cm³/mol. The van der Waals surface area contributed by atoms with Gasteiger partial charge in [-0.15, -0.1) is 0 Å². The lowest BCUT2D eigenvalue weighted by molar-refractivity contribution is -0.184. The van der Waals surface area contributed by atoms with Crippen LogP contribution in [0.5, 0.6) is 0 Å². The molecule has 0 aromatic rings. The summed E-state index contributed by atoms with van der Waals surface area (Å²) in [6.07, 6.45) is 7.54. The summed E-state index contributed by atoms with van der Waals surface area (Å²) >= 11 is 0. The maximum Gasteiger partial charge on any atom is 0.277 e. The van der Waals surface area contributed by atoms with Crippen LogP contribution in [0.3, 0.4) is 0 Å². The summed E-state index contributed by atoms with van der Waals surface area (Å²) in [5.74, 6) is -3.38. The lowest BCUT2D eigenvalue weighted by Gasteiger charge is -2.16. The van der Waals surface area contributed by atoms with Crippen LogP contribution in [-0.2, 0) is 4.79 Å². The van der Waals surface area contributed by atoms with Crippen molar-refractivity contribution in [2.45, 2.75) is 64.1 Å². The Hall–Kier alpha value is -0.610. The summed E-state index contributed by atoms with van der Waals surface area (Å²) in [6, 6.07) is 0. The maximum atomic E-state index is 10.5. The third-order valence-corrected chi connectivity index (χ3v) is 2.52. The molecule has 0 radical (unpaired) electrons. The van der Waals surface area contributed by atoms with E-state index in [1.165, 1.54) is 25.7 Å². The first kappa shape index (κ1) is 14.4. The van der Waals surface area contributed by atoms with Gasteiger partial charge in [0.1, 0.15) is 0 Å². The number of nitrogens with two attached hydrogens (primary N) is 1. The molecule has 0 aliphatic heterocycles. The molecule has 0 rings (SSSR count). The minimum atomic E-state index is -2.32. The van der Waals surface area contributed by atoms with E-state index in [1.54, 1.807) is 0 Å². The summed E-state index contributed by atoms with van der Waals surface area (Å²) in [4.78, 5) is 10.5. The van der Waals surface area contributed by atoms with Gasteiger partial charge < -0.3 is 15.9 Å². The number of rotatable bonds is 9. The first-order chi connectivity index (χ1) is 7.00. The Morgan fingerprint density at radius 2 is 1.53 bits per heavy atom. The molecule has 0 saturated heterocycles. The SMILES string of the molecule is CCCCCCCCCC(O)(O)C(N)=O. The van der Waals surface area contributed by atoms with Crippen LogP contribution in [0, 0.1) is 0 Å². The average Bonchev–Trinajstić information content (AvgIpc) is 2.16. The molecule has 0 aliphatic rings. The van der Waals surface area contributed by atoms with Gasteiger partial charge in [-0.1, -0.05) is 45.4 Å². The fourth-order valence-electron chi connectivity index (χ4n) is 1.45. The molecule has 4 N–H and O–H groups in total. The van der Waals surface area contributed by atoms with Crippen LogP contribution in [-0.4, -0.2) is 21.9 Å². The number of carbonyl (C=O) groups is 1. The Labute approximate surface area is 91.5 Å². The molecule has 4 nitrogen and oxygen atoms in total. The van der Waals surface area contributed by atoms with E-state index in [0.717, 1.165) is 12.8 Å². The lowest BCUT2D eigenvalue weighted by Crippen LogP contribution is -2.43. The highest BCUT2D eigenvalue weighted by Crippen LogP contribution is 2.13. The van der Waals surface area contributed by atoms with E-state index in [1.807, 2.05) is 0 Å².